The van der Waals surface area contributed by atoms with Gasteiger partial charge in [-0.1, -0.05) is 24.4 Å². The average Bonchev–Trinajstić information content (AvgIpc) is 3.26. The number of amides is 1. The number of ether oxygens (including phenoxy) is 1. The van der Waals surface area contributed by atoms with Gasteiger partial charge in [0.15, 0.2) is 0 Å². The maximum absolute atomic E-state index is 13.2. The highest BCUT2D eigenvalue weighted by atomic mass is 35.5. The lowest BCUT2D eigenvalue weighted by molar-refractivity contribution is 0.0667. The van der Waals surface area contributed by atoms with Crippen molar-refractivity contribution in [2.45, 2.75) is 38.1 Å². The monoisotopic (exact) mass is 417 g/mol. The van der Waals surface area contributed by atoms with Crippen LogP contribution in [-0.4, -0.2) is 53.2 Å². The molecule has 0 radical (unpaired) electrons. The number of aliphatic hydroxyl groups is 1. The number of anilines is 1. The number of pyridine rings is 1. The van der Waals surface area contributed by atoms with Crippen LogP contribution in [0.15, 0.2) is 42.7 Å². The summed E-state index contributed by atoms with van der Waals surface area (Å²) in [6.07, 6.45) is 8.34. The molecule has 1 amide bonds. The molecule has 6 nitrogen and oxygen atoms in total. The molecule has 1 saturated carbocycles. The maximum atomic E-state index is 13.2. The van der Waals surface area contributed by atoms with Crippen LogP contribution >= 0.6 is 11.6 Å². The molecule has 1 aliphatic rings. The van der Waals surface area contributed by atoms with E-state index < -0.39 is 0 Å². The van der Waals surface area contributed by atoms with Gasteiger partial charge in [-0.2, -0.15) is 0 Å². The Kier molecular flexibility index (Phi) is 8.14. The van der Waals surface area contributed by atoms with Crippen molar-refractivity contribution in [2.24, 2.45) is 0 Å². The summed E-state index contributed by atoms with van der Waals surface area (Å²) >= 11 is 6.26. The Bertz CT molecular complexity index is 782. The number of aliphatic hydroxyl groups excluding tert-OH is 1. The van der Waals surface area contributed by atoms with Crippen LogP contribution in [0.25, 0.3) is 0 Å². The standard InChI is InChI=1S/C22H28ClN3O3/c23-18-14-17(22(28)26(11-3-12-27)20-4-1-2-5-20)15-21(16-18)29-13-10-25-19-6-8-24-9-7-19/h6-9,14-16,20,27H,1-5,10-13H2,(H,24,25). The molecule has 1 aliphatic carbocycles. The third-order valence-electron chi connectivity index (χ3n) is 5.08. The topological polar surface area (TPSA) is 74.7 Å². The van der Waals surface area contributed by atoms with Crippen molar-refractivity contribution in [2.75, 3.05) is 31.6 Å². The summed E-state index contributed by atoms with van der Waals surface area (Å²) in [5, 5.41) is 12.9. The lowest BCUT2D eigenvalue weighted by Crippen LogP contribution is -2.39. The zero-order chi connectivity index (χ0) is 20.5. The summed E-state index contributed by atoms with van der Waals surface area (Å²) in [6.45, 7) is 1.68. The van der Waals surface area contributed by atoms with Gasteiger partial charge < -0.3 is 20.1 Å². The van der Waals surface area contributed by atoms with Crippen LogP contribution in [0.3, 0.4) is 0 Å². The summed E-state index contributed by atoms with van der Waals surface area (Å²) < 4.78 is 5.81. The van der Waals surface area contributed by atoms with E-state index in [0.717, 1.165) is 31.4 Å². The Labute approximate surface area is 176 Å². The Morgan fingerprint density at radius 1 is 1.24 bits per heavy atom. The number of rotatable bonds is 10. The van der Waals surface area contributed by atoms with Gasteiger partial charge in [-0.05, 0) is 49.6 Å². The van der Waals surface area contributed by atoms with Crippen LogP contribution in [0.2, 0.25) is 5.02 Å². The number of halogens is 1. The first-order chi connectivity index (χ1) is 14.2. The van der Waals surface area contributed by atoms with Crippen molar-refractivity contribution >= 4 is 23.2 Å². The Morgan fingerprint density at radius 2 is 2.00 bits per heavy atom. The fraction of sp³-hybridized carbons (Fsp3) is 0.455. The molecule has 1 heterocycles. The van der Waals surface area contributed by atoms with Gasteiger partial charge in [0.2, 0.25) is 0 Å². The van der Waals surface area contributed by atoms with Gasteiger partial charge in [-0.25, -0.2) is 0 Å². The molecule has 156 valence electrons. The van der Waals surface area contributed by atoms with E-state index in [1.165, 1.54) is 0 Å². The fourth-order valence-corrected chi connectivity index (χ4v) is 3.90. The van der Waals surface area contributed by atoms with E-state index in [4.69, 9.17) is 16.3 Å². The molecule has 2 N–H and O–H groups in total. The second kappa shape index (κ2) is 11.0. The van der Waals surface area contributed by atoms with Crippen molar-refractivity contribution in [3.63, 3.8) is 0 Å². The Hall–Kier alpha value is -2.31. The highest BCUT2D eigenvalue weighted by molar-refractivity contribution is 6.31. The largest absolute Gasteiger partial charge is 0.492 e. The first-order valence-corrected chi connectivity index (χ1v) is 10.5. The summed E-state index contributed by atoms with van der Waals surface area (Å²) in [5.41, 5.74) is 1.50. The molecule has 0 aliphatic heterocycles. The summed E-state index contributed by atoms with van der Waals surface area (Å²) in [4.78, 5) is 19.0. The van der Waals surface area contributed by atoms with Crippen LogP contribution in [0.4, 0.5) is 5.69 Å². The Morgan fingerprint density at radius 3 is 2.72 bits per heavy atom. The van der Waals surface area contributed by atoms with E-state index >= 15 is 0 Å². The Balaban J connectivity index is 1.62. The van der Waals surface area contributed by atoms with E-state index in [-0.39, 0.29) is 18.6 Å². The molecule has 1 aromatic carbocycles. The lowest BCUT2D eigenvalue weighted by Gasteiger charge is -2.29. The summed E-state index contributed by atoms with van der Waals surface area (Å²) in [7, 11) is 0. The highest BCUT2D eigenvalue weighted by Crippen LogP contribution is 2.27. The maximum Gasteiger partial charge on any atom is 0.254 e. The van der Waals surface area contributed by atoms with Crippen LogP contribution in [-0.2, 0) is 0 Å². The summed E-state index contributed by atoms with van der Waals surface area (Å²) in [5.74, 6) is 0.526. The average molecular weight is 418 g/mol. The van der Waals surface area contributed by atoms with Crippen LogP contribution in [0.5, 0.6) is 5.75 Å². The third kappa shape index (κ3) is 6.34. The van der Waals surface area contributed by atoms with Gasteiger partial charge in [-0.15, -0.1) is 0 Å². The van der Waals surface area contributed by atoms with Gasteiger partial charge >= 0.3 is 0 Å². The minimum atomic E-state index is -0.0485. The van der Waals surface area contributed by atoms with Crippen LogP contribution in [0.1, 0.15) is 42.5 Å². The van der Waals surface area contributed by atoms with E-state index in [2.05, 4.69) is 10.3 Å². The molecule has 0 atom stereocenters. The number of nitrogens with zero attached hydrogens (tertiary/aromatic N) is 2. The first kappa shape index (κ1) is 21.4. The predicted molar refractivity (Wildman–Crippen MR) is 115 cm³/mol. The van der Waals surface area contributed by atoms with Crippen molar-refractivity contribution in [1.29, 1.82) is 0 Å². The van der Waals surface area contributed by atoms with Crippen LogP contribution in [0, 0.1) is 0 Å². The molecule has 1 aromatic heterocycles. The highest BCUT2D eigenvalue weighted by Gasteiger charge is 2.27. The number of hydrogen-bond donors (Lipinski definition) is 2. The number of aromatic nitrogens is 1. The van der Waals surface area contributed by atoms with Gasteiger partial charge in [0.1, 0.15) is 12.4 Å². The second-order valence-corrected chi connectivity index (χ2v) is 7.64. The van der Waals surface area contributed by atoms with Gasteiger partial charge in [0.25, 0.3) is 5.91 Å². The number of carbonyl (C=O) groups excluding carboxylic acids is 1. The number of nitrogens with one attached hydrogen (secondary N) is 1. The molecule has 0 bridgehead atoms. The van der Waals surface area contributed by atoms with Crippen molar-refractivity contribution in [3.05, 3.63) is 53.3 Å². The van der Waals surface area contributed by atoms with E-state index in [9.17, 15) is 9.90 Å². The molecule has 7 heteroatoms. The number of benzene rings is 1. The molecule has 0 unspecified atom stereocenters. The smallest absolute Gasteiger partial charge is 0.254 e. The molecule has 29 heavy (non-hydrogen) atoms. The van der Waals surface area contributed by atoms with Gasteiger partial charge in [-0.3, -0.25) is 9.78 Å². The number of carbonyl (C=O) groups is 1. The van der Waals surface area contributed by atoms with E-state index in [0.29, 0.717) is 42.5 Å². The van der Waals surface area contributed by atoms with Gasteiger partial charge in [0, 0.05) is 54.4 Å². The zero-order valence-electron chi connectivity index (χ0n) is 16.5. The first-order valence-electron chi connectivity index (χ1n) is 10.2. The van der Waals surface area contributed by atoms with Gasteiger partial charge in [0.05, 0.1) is 0 Å². The molecular formula is C22H28ClN3O3. The SMILES string of the molecule is O=C(c1cc(Cl)cc(OCCNc2ccncc2)c1)N(CCCO)C1CCCC1. The fourth-order valence-electron chi connectivity index (χ4n) is 3.68. The number of hydrogen-bond acceptors (Lipinski definition) is 5. The minimum Gasteiger partial charge on any atom is -0.492 e. The summed E-state index contributed by atoms with van der Waals surface area (Å²) in [6, 6.07) is 9.18. The normalized spacial score (nSPS) is 14.0. The molecule has 2 aromatic rings. The van der Waals surface area contributed by atoms with Crippen molar-refractivity contribution in [3.8, 4) is 5.75 Å². The molecule has 3 rings (SSSR count). The molecule has 1 fully saturated rings. The van der Waals surface area contributed by atoms with E-state index in [1.54, 1.807) is 30.6 Å². The zero-order valence-corrected chi connectivity index (χ0v) is 17.3. The predicted octanol–water partition coefficient (Wildman–Crippen LogP) is 3.99. The third-order valence-corrected chi connectivity index (χ3v) is 5.30. The second-order valence-electron chi connectivity index (χ2n) is 7.20. The molecule has 0 saturated heterocycles. The quantitative estimate of drug-likeness (QED) is 0.571. The lowest BCUT2D eigenvalue weighted by atomic mass is 10.1. The van der Waals surface area contributed by atoms with Crippen LogP contribution < -0.4 is 10.1 Å². The minimum absolute atomic E-state index is 0.0485. The van der Waals surface area contributed by atoms with Crippen molar-refractivity contribution < 1.29 is 14.6 Å². The van der Waals surface area contributed by atoms with E-state index in [1.807, 2.05) is 17.0 Å². The molecular weight excluding hydrogens is 390 g/mol. The molecule has 0 spiro atoms. The van der Waals surface area contributed by atoms with Crippen molar-refractivity contribution in [1.82, 2.24) is 9.88 Å².